The summed E-state index contributed by atoms with van der Waals surface area (Å²) >= 11 is 1.48. The molecule has 5 nitrogen and oxygen atoms in total. The van der Waals surface area contributed by atoms with E-state index in [9.17, 15) is 0 Å². The molecule has 2 heterocycles. The van der Waals surface area contributed by atoms with Crippen molar-refractivity contribution in [3.05, 3.63) is 35.5 Å². The number of nitrogens with zero attached hydrogens (tertiary/aromatic N) is 4. The second-order valence-corrected chi connectivity index (χ2v) is 6.40. The number of nitrogens with one attached hydrogen (secondary N) is 1. The summed E-state index contributed by atoms with van der Waals surface area (Å²) in [4.78, 5) is 0. The Morgan fingerprint density at radius 3 is 2.90 bits per heavy atom. The Morgan fingerprint density at radius 2 is 2.15 bits per heavy atom. The van der Waals surface area contributed by atoms with Crippen molar-refractivity contribution in [3.63, 3.8) is 0 Å². The minimum atomic E-state index is -0.0352. The van der Waals surface area contributed by atoms with Crippen LogP contribution in [0.25, 0.3) is 10.9 Å². The van der Waals surface area contributed by atoms with Crippen molar-refractivity contribution < 1.29 is 0 Å². The van der Waals surface area contributed by atoms with E-state index in [1.807, 2.05) is 23.0 Å². The Hall–Kier alpha value is -1.95. The number of hydrogen-bond acceptors (Lipinski definition) is 5. The lowest BCUT2D eigenvalue weighted by atomic mass is 10.1. The molecule has 0 saturated heterocycles. The fourth-order valence-electron chi connectivity index (χ4n) is 1.88. The third kappa shape index (κ3) is 2.65. The van der Waals surface area contributed by atoms with Gasteiger partial charge in [0.1, 0.15) is 5.69 Å². The molecular formula is C14H17N5S. The third-order valence-corrected chi connectivity index (χ3v) is 3.72. The molecule has 3 rings (SSSR count). The lowest BCUT2D eigenvalue weighted by molar-refractivity contribution is 0.347. The van der Waals surface area contributed by atoms with E-state index in [-0.39, 0.29) is 5.54 Å². The highest BCUT2D eigenvalue weighted by atomic mass is 32.1. The molecule has 3 aromatic rings. The van der Waals surface area contributed by atoms with Crippen LogP contribution in [0.4, 0.5) is 5.69 Å². The molecule has 2 aromatic heterocycles. The summed E-state index contributed by atoms with van der Waals surface area (Å²) in [6.45, 7) is 6.99. The standard InChI is InChI=1S/C14H17N5S/c1-14(2,3)19-8-12(16-18-19)7-15-11-4-5-13-10(6-11)9-20-17-13/h4-6,8-9,15H,7H2,1-3H3. The average Bonchev–Trinajstić information content (AvgIpc) is 3.04. The largest absolute Gasteiger partial charge is 0.379 e. The van der Waals surface area contributed by atoms with Crippen LogP contribution in [0.15, 0.2) is 29.8 Å². The molecule has 0 radical (unpaired) electrons. The molecule has 0 amide bonds. The fourth-order valence-corrected chi connectivity index (χ4v) is 2.52. The third-order valence-electron chi connectivity index (χ3n) is 3.06. The Labute approximate surface area is 121 Å². The normalized spacial score (nSPS) is 11.9. The molecule has 20 heavy (non-hydrogen) atoms. The summed E-state index contributed by atoms with van der Waals surface area (Å²) in [7, 11) is 0. The van der Waals surface area contributed by atoms with Gasteiger partial charge in [0.15, 0.2) is 0 Å². The Bertz CT molecular complexity index is 722. The van der Waals surface area contributed by atoms with Crippen LogP contribution in [-0.4, -0.2) is 19.4 Å². The lowest BCUT2D eigenvalue weighted by Gasteiger charge is -2.17. The molecule has 0 aliphatic carbocycles. The molecule has 6 heteroatoms. The summed E-state index contributed by atoms with van der Waals surface area (Å²) in [5, 5.41) is 14.9. The van der Waals surface area contributed by atoms with Gasteiger partial charge >= 0.3 is 0 Å². The molecule has 0 aliphatic rings. The highest BCUT2D eigenvalue weighted by molar-refractivity contribution is 7.04. The van der Waals surface area contributed by atoms with Crippen molar-refractivity contribution in [1.29, 1.82) is 0 Å². The van der Waals surface area contributed by atoms with Crippen molar-refractivity contribution in [1.82, 2.24) is 19.4 Å². The second kappa shape index (κ2) is 4.86. The number of hydrogen-bond donors (Lipinski definition) is 1. The van der Waals surface area contributed by atoms with Crippen LogP contribution in [0.3, 0.4) is 0 Å². The number of anilines is 1. The summed E-state index contributed by atoms with van der Waals surface area (Å²) in [5.41, 5.74) is 3.01. The molecule has 0 unspecified atom stereocenters. The van der Waals surface area contributed by atoms with Crippen LogP contribution in [0.1, 0.15) is 26.5 Å². The lowest BCUT2D eigenvalue weighted by Crippen LogP contribution is -2.22. The molecule has 0 fully saturated rings. The van der Waals surface area contributed by atoms with E-state index in [1.165, 1.54) is 16.9 Å². The first-order valence-electron chi connectivity index (χ1n) is 6.52. The van der Waals surface area contributed by atoms with E-state index in [0.29, 0.717) is 6.54 Å². The first kappa shape index (κ1) is 13.1. The minimum Gasteiger partial charge on any atom is -0.379 e. The van der Waals surface area contributed by atoms with Gasteiger partial charge in [-0.2, -0.15) is 4.37 Å². The van der Waals surface area contributed by atoms with E-state index in [4.69, 9.17) is 0 Å². The Morgan fingerprint density at radius 1 is 1.30 bits per heavy atom. The molecule has 1 aromatic carbocycles. The monoisotopic (exact) mass is 287 g/mol. The summed E-state index contributed by atoms with van der Waals surface area (Å²) in [6.07, 6.45) is 1.98. The van der Waals surface area contributed by atoms with Crippen LogP contribution in [0.2, 0.25) is 0 Å². The first-order valence-corrected chi connectivity index (χ1v) is 7.36. The van der Waals surface area contributed by atoms with Crippen molar-refractivity contribution in [2.45, 2.75) is 32.9 Å². The second-order valence-electron chi connectivity index (χ2n) is 5.77. The summed E-state index contributed by atoms with van der Waals surface area (Å²) in [6, 6.07) is 6.17. The molecule has 0 aliphatic heterocycles. The van der Waals surface area contributed by atoms with E-state index >= 15 is 0 Å². The molecule has 1 N–H and O–H groups in total. The predicted octanol–water partition coefficient (Wildman–Crippen LogP) is 3.25. The van der Waals surface area contributed by atoms with Gasteiger partial charge in [-0.25, -0.2) is 4.68 Å². The quantitative estimate of drug-likeness (QED) is 0.803. The summed E-state index contributed by atoms with van der Waals surface area (Å²) < 4.78 is 6.18. The zero-order valence-corrected chi connectivity index (χ0v) is 12.6. The maximum atomic E-state index is 4.30. The predicted molar refractivity (Wildman–Crippen MR) is 82.0 cm³/mol. The minimum absolute atomic E-state index is 0.0352. The molecular weight excluding hydrogens is 270 g/mol. The van der Waals surface area contributed by atoms with Gasteiger partial charge in [-0.15, -0.1) is 5.10 Å². The highest BCUT2D eigenvalue weighted by Crippen LogP contribution is 2.20. The zero-order valence-electron chi connectivity index (χ0n) is 11.8. The van der Waals surface area contributed by atoms with Gasteiger partial charge in [-0.1, -0.05) is 5.21 Å². The van der Waals surface area contributed by atoms with Gasteiger partial charge in [-0.3, -0.25) is 0 Å². The molecule has 104 valence electrons. The van der Waals surface area contributed by atoms with Gasteiger partial charge in [-0.05, 0) is 50.5 Å². The SMILES string of the molecule is CC(C)(C)n1cc(CNc2ccc3nscc3c2)nn1. The molecule has 0 spiro atoms. The van der Waals surface area contributed by atoms with Crippen molar-refractivity contribution in [3.8, 4) is 0 Å². The van der Waals surface area contributed by atoms with Crippen LogP contribution in [0, 0.1) is 0 Å². The van der Waals surface area contributed by atoms with Crippen LogP contribution >= 0.6 is 11.5 Å². The van der Waals surface area contributed by atoms with Crippen LogP contribution in [0.5, 0.6) is 0 Å². The number of fused-ring (bicyclic) bond motifs is 1. The van der Waals surface area contributed by atoms with Gasteiger partial charge in [0, 0.05) is 16.5 Å². The molecule has 0 bridgehead atoms. The highest BCUT2D eigenvalue weighted by Gasteiger charge is 2.14. The molecule has 0 atom stereocenters. The zero-order chi connectivity index (χ0) is 14.2. The summed E-state index contributed by atoms with van der Waals surface area (Å²) in [5.74, 6) is 0. The number of rotatable bonds is 3. The fraction of sp³-hybridized carbons (Fsp3) is 0.357. The van der Waals surface area contributed by atoms with Crippen LogP contribution < -0.4 is 5.32 Å². The molecule has 0 saturated carbocycles. The van der Waals surface area contributed by atoms with Crippen molar-refractivity contribution in [2.24, 2.45) is 0 Å². The average molecular weight is 287 g/mol. The maximum absolute atomic E-state index is 4.30. The number of benzene rings is 1. The van der Waals surface area contributed by atoms with Crippen molar-refractivity contribution in [2.75, 3.05) is 5.32 Å². The Balaban J connectivity index is 1.71. The number of aromatic nitrogens is 4. The maximum Gasteiger partial charge on any atom is 0.102 e. The van der Waals surface area contributed by atoms with E-state index in [0.717, 1.165) is 16.9 Å². The van der Waals surface area contributed by atoms with Gasteiger partial charge in [0.25, 0.3) is 0 Å². The smallest absolute Gasteiger partial charge is 0.102 e. The van der Waals surface area contributed by atoms with E-state index in [1.54, 1.807) is 0 Å². The topological polar surface area (TPSA) is 55.6 Å². The van der Waals surface area contributed by atoms with Crippen LogP contribution in [-0.2, 0) is 12.1 Å². The van der Waals surface area contributed by atoms with Gasteiger partial charge in [0.05, 0.1) is 23.8 Å². The Kier molecular flexibility index (Phi) is 3.17. The van der Waals surface area contributed by atoms with Crippen molar-refractivity contribution >= 4 is 28.1 Å². The first-order chi connectivity index (χ1) is 9.52. The van der Waals surface area contributed by atoms with E-state index < -0.39 is 0 Å². The van der Waals surface area contributed by atoms with Gasteiger partial charge < -0.3 is 5.32 Å². The van der Waals surface area contributed by atoms with Gasteiger partial charge in [0.2, 0.25) is 0 Å². The van der Waals surface area contributed by atoms with E-state index in [2.05, 4.69) is 52.2 Å².